The number of allylic oxidation sites excluding steroid dienone is 1. The van der Waals surface area contributed by atoms with Gasteiger partial charge in [-0.1, -0.05) is 36.4 Å². The first-order chi connectivity index (χ1) is 16.2. The molecule has 2 aromatic carbocycles. The highest BCUT2D eigenvalue weighted by molar-refractivity contribution is 5.98. The fraction of sp³-hybridized carbons (Fsp3) is 0.167. The fourth-order valence-corrected chi connectivity index (χ4v) is 3.70. The van der Waals surface area contributed by atoms with E-state index in [-0.39, 0.29) is 52.8 Å². The number of phenols is 1. The number of nitrogens with one attached hydrogen (secondary N) is 1. The van der Waals surface area contributed by atoms with Gasteiger partial charge in [-0.05, 0) is 30.2 Å². The predicted molar refractivity (Wildman–Crippen MR) is 122 cm³/mol. The molecule has 0 saturated carbocycles. The summed E-state index contributed by atoms with van der Waals surface area (Å²) in [5.41, 5.74) is 0.629. The second kappa shape index (κ2) is 10.5. The molecule has 34 heavy (non-hydrogen) atoms. The van der Waals surface area contributed by atoms with Gasteiger partial charge in [0.1, 0.15) is 5.75 Å². The van der Waals surface area contributed by atoms with Crippen molar-refractivity contribution in [3.8, 4) is 5.75 Å². The van der Waals surface area contributed by atoms with Gasteiger partial charge in [0.05, 0.1) is 40.9 Å². The number of ether oxygens (including phenoxy) is 1. The number of nitrogens with zero attached hydrogens (tertiary/aromatic N) is 1. The third-order valence-corrected chi connectivity index (χ3v) is 5.18. The van der Waals surface area contributed by atoms with Crippen molar-refractivity contribution in [3.63, 3.8) is 0 Å². The fourth-order valence-electron chi connectivity index (χ4n) is 3.70. The molecule has 1 heterocycles. The van der Waals surface area contributed by atoms with Gasteiger partial charge < -0.3 is 25.4 Å². The van der Waals surface area contributed by atoms with E-state index in [2.05, 4.69) is 5.32 Å². The van der Waals surface area contributed by atoms with Crippen LogP contribution < -0.4 is 5.32 Å². The molecule has 0 bridgehead atoms. The molecule has 0 aliphatic carbocycles. The van der Waals surface area contributed by atoms with Crippen LogP contribution >= 0.6 is 0 Å². The van der Waals surface area contributed by atoms with Crippen LogP contribution in [0, 0.1) is 10.1 Å². The van der Waals surface area contributed by atoms with Crippen LogP contribution in [0.5, 0.6) is 5.75 Å². The Morgan fingerprint density at radius 3 is 2.41 bits per heavy atom. The minimum Gasteiger partial charge on any atom is -0.508 e. The van der Waals surface area contributed by atoms with E-state index in [0.717, 1.165) is 5.56 Å². The predicted octanol–water partition coefficient (Wildman–Crippen LogP) is 3.41. The molecule has 4 N–H and O–H groups in total. The van der Waals surface area contributed by atoms with Crippen LogP contribution in [0.15, 0.2) is 77.1 Å². The number of phenolic OH excluding ortho intramolecular Hbond substituents is 1. The third-order valence-electron chi connectivity index (χ3n) is 5.18. The molecule has 2 aromatic rings. The van der Waals surface area contributed by atoms with Crippen LogP contribution in [0.1, 0.15) is 24.0 Å². The van der Waals surface area contributed by atoms with Gasteiger partial charge in [-0.3, -0.25) is 10.1 Å². The number of rotatable bonds is 9. The van der Waals surface area contributed by atoms with Gasteiger partial charge in [0.2, 0.25) is 0 Å². The van der Waals surface area contributed by atoms with Crippen molar-refractivity contribution >= 4 is 23.7 Å². The van der Waals surface area contributed by atoms with Crippen molar-refractivity contribution in [1.82, 2.24) is 5.32 Å². The number of hydrogen-bond acceptors (Lipinski definition) is 7. The van der Waals surface area contributed by atoms with E-state index in [9.17, 15) is 35.0 Å². The zero-order chi connectivity index (χ0) is 24.8. The summed E-state index contributed by atoms with van der Waals surface area (Å²) in [5, 5.41) is 43.1. The normalized spacial score (nSPS) is 16.0. The highest BCUT2D eigenvalue weighted by Crippen LogP contribution is 2.39. The minimum absolute atomic E-state index is 0.134. The van der Waals surface area contributed by atoms with Crippen LogP contribution in [0.2, 0.25) is 0 Å². The number of benzene rings is 2. The van der Waals surface area contributed by atoms with Gasteiger partial charge in [-0.15, -0.1) is 0 Å². The average molecular weight is 466 g/mol. The van der Waals surface area contributed by atoms with Crippen molar-refractivity contribution in [2.24, 2.45) is 0 Å². The molecule has 0 saturated heterocycles. The smallest absolute Gasteiger partial charge is 0.334 e. The van der Waals surface area contributed by atoms with Gasteiger partial charge in [-0.2, -0.15) is 0 Å². The molecule has 1 atom stereocenters. The van der Waals surface area contributed by atoms with Gasteiger partial charge in [0.15, 0.2) is 0 Å². The molecular weight excluding hydrogens is 444 g/mol. The molecule has 176 valence electrons. The second-order valence-corrected chi connectivity index (χ2v) is 7.46. The van der Waals surface area contributed by atoms with Gasteiger partial charge in [0.25, 0.3) is 5.69 Å². The third kappa shape index (κ3) is 5.48. The Morgan fingerprint density at radius 2 is 1.79 bits per heavy atom. The van der Waals surface area contributed by atoms with Gasteiger partial charge >= 0.3 is 11.9 Å². The van der Waals surface area contributed by atoms with E-state index in [1.54, 1.807) is 36.4 Å². The Morgan fingerprint density at radius 1 is 1.12 bits per heavy atom. The van der Waals surface area contributed by atoms with Crippen molar-refractivity contribution < 1.29 is 34.6 Å². The van der Waals surface area contributed by atoms with E-state index in [1.807, 2.05) is 0 Å². The lowest BCUT2D eigenvalue weighted by molar-refractivity contribution is -0.384. The van der Waals surface area contributed by atoms with E-state index in [4.69, 9.17) is 4.74 Å². The van der Waals surface area contributed by atoms with Crippen LogP contribution in [-0.2, 0) is 14.3 Å². The van der Waals surface area contributed by atoms with Crippen LogP contribution in [0.3, 0.4) is 0 Å². The Bertz CT molecular complexity index is 1210. The number of non-ortho nitro benzene ring substituents is 1. The summed E-state index contributed by atoms with van der Waals surface area (Å²) < 4.78 is 5.59. The summed E-state index contributed by atoms with van der Waals surface area (Å²) in [4.78, 5) is 34.8. The number of aromatic hydroxyl groups is 1. The molecular formula is C24H22N2O8. The van der Waals surface area contributed by atoms with Gasteiger partial charge in [0, 0.05) is 17.8 Å². The first kappa shape index (κ1) is 24.2. The molecule has 0 spiro atoms. The molecule has 1 aliphatic rings. The molecule has 1 aliphatic heterocycles. The lowest BCUT2D eigenvalue weighted by Crippen LogP contribution is -2.33. The molecule has 10 nitrogen and oxygen atoms in total. The maximum absolute atomic E-state index is 12.2. The molecule has 0 aromatic heterocycles. The van der Waals surface area contributed by atoms with Crippen molar-refractivity contribution in [2.45, 2.75) is 12.8 Å². The molecule has 3 rings (SSSR count). The maximum Gasteiger partial charge on any atom is 0.334 e. The molecule has 1 unspecified atom stereocenters. The topological polar surface area (TPSA) is 159 Å². The molecule has 0 amide bonds. The molecule has 0 radical (unpaired) electrons. The highest BCUT2D eigenvalue weighted by atomic mass is 16.6. The Balaban J connectivity index is 1.89. The number of nitro groups is 1. The summed E-state index contributed by atoms with van der Waals surface area (Å²) >= 11 is 0. The van der Waals surface area contributed by atoms with E-state index in [0.29, 0.717) is 0 Å². The minimum atomic E-state index is -1.37. The maximum atomic E-state index is 12.2. The van der Waals surface area contributed by atoms with E-state index < -0.39 is 22.8 Å². The Kier molecular flexibility index (Phi) is 7.44. The summed E-state index contributed by atoms with van der Waals surface area (Å²) in [5.74, 6) is -3.79. The summed E-state index contributed by atoms with van der Waals surface area (Å²) in [6, 6.07) is 11.8. The van der Waals surface area contributed by atoms with Crippen molar-refractivity contribution in [1.29, 1.82) is 0 Å². The number of hydrogen-bond donors (Lipinski definition) is 4. The van der Waals surface area contributed by atoms with E-state index in [1.165, 1.54) is 31.2 Å². The largest absolute Gasteiger partial charge is 0.508 e. The summed E-state index contributed by atoms with van der Waals surface area (Å²) in [6.45, 7) is 1.48. The first-order valence-corrected chi connectivity index (χ1v) is 10.1. The van der Waals surface area contributed by atoms with Crippen molar-refractivity contribution in [3.05, 3.63) is 98.4 Å². The van der Waals surface area contributed by atoms with E-state index >= 15 is 0 Å². The number of nitro benzene ring substituents is 1. The highest BCUT2D eigenvalue weighted by Gasteiger charge is 2.38. The Hall–Kier alpha value is -4.44. The van der Waals surface area contributed by atoms with Gasteiger partial charge in [-0.25, -0.2) is 9.59 Å². The molecule has 0 fully saturated rings. The van der Waals surface area contributed by atoms with Crippen LogP contribution in [0.4, 0.5) is 5.69 Å². The number of carboxylic acids is 2. The number of dihydropyridines is 1. The second-order valence-electron chi connectivity index (χ2n) is 7.46. The average Bonchev–Trinajstić information content (AvgIpc) is 2.79. The number of carboxylic acid groups (broad SMARTS) is 2. The quantitative estimate of drug-likeness (QED) is 0.247. The first-order valence-electron chi connectivity index (χ1n) is 10.1. The zero-order valence-electron chi connectivity index (χ0n) is 18.1. The van der Waals surface area contributed by atoms with Crippen molar-refractivity contribution in [2.75, 3.05) is 13.2 Å². The summed E-state index contributed by atoms with van der Waals surface area (Å²) in [7, 11) is 0. The SMILES string of the molecule is CC1=C(C(=O)O)C(c2cccc([N+](=O)[O-])c2)C(C(=O)O)=C(COC/C=C/c2ccc(O)cc2)N1. The molecule has 10 heteroatoms. The standard InChI is InChI=1S/C24H22N2O8/c1-14-20(23(28)29)21(16-5-2-6-17(12-16)26(32)33)22(24(30)31)19(25-14)13-34-11-3-4-15-7-9-18(27)10-8-15/h2-10,12,21,25,27H,11,13H2,1H3,(H,28,29)(H,30,31)/b4-3+. The zero-order valence-corrected chi connectivity index (χ0v) is 18.1. The monoisotopic (exact) mass is 466 g/mol. The van der Waals surface area contributed by atoms with Crippen LogP contribution in [-0.4, -0.2) is 45.4 Å². The van der Waals surface area contributed by atoms with Crippen LogP contribution in [0.25, 0.3) is 6.08 Å². The summed E-state index contributed by atoms with van der Waals surface area (Å²) in [6.07, 6.45) is 3.47. The lowest BCUT2D eigenvalue weighted by Gasteiger charge is -2.29. The lowest BCUT2D eigenvalue weighted by atomic mass is 9.80. The Labute approximate surface area is 194 Å². The number of carbonyl (C=O) groups is 2. The number of aliphatic carboxylic acids is 2.